The van der Waals surface area contributed by atoms with E-state index in [1.165, 1.54) is 16.7 Å². The van der Waals surface area contributed by atoms with E-state index in [1.54, 1.807) is 0 Å². The molecule has 5 heteroatoms. The van der Waals surface area contributed by atoms with E-state index in [-0.39, 0.29) is 0 Å². The minimum atomic E-state index is 0.646. The molecule has 0 atom stereocenters. The molecule has 0 spiro atoms. The fraction of sp³-hybridized carbons (Fsp3) is 0.467. The standard InChI is InChI=1S/C15H18N2O2S/c1-11-16-17-15(19-11)3-2-6-20-10-12-4-5-13-8-18-9-14(13)7-12/h4-5,7H,2-3,6,8-10H2,1H3. The van der Waals surface area contributed by atoms with Crippen molar-refractivity contribution in [2.75, 3.05) is 5.75 Å². The predicted octanol–water partition coefficient (Wildman–Crippen LogP) is 3.27. The third-order valence-electron chi connectivity index (χ3n) is 3.30. The molecule has 0 N–H and O–H groups in total. The molecule has 2 heterocycles. The summed E-state index contributed by atoms with van der Waals surface area (Å²) in [5, 5.41) is 7.83. The highest BCUT2D eigenvalue weighted by Gasteiger charge is 2.11. The molecule has 4 nitrogen and oxygen atoms in total. The monoisotopic (exact) mass is 290 g/mol. The summed E-state index contributed by atoms with van der Waals surface area (Å²) < 4.78 is 10.8. The minimum Gasteiger partial charge on any atom is -0.426 e. The first-order chi connectivity index (χ1) is 9.81. The molecule has 0 amide bonds. The molecule has 1 aromatic carbocycles. The molecule has 1 aliphatic heterocycles. The van der Waals surface area contributed by atoms with Gasteiger partial charge in [-0.1, -0.05) is 18.2 Å². The molecule has 0 fully saturated rings. The van der Waals surface area contributed by atoms with Gasteiger partial charge in [-0.3, -0.25) is 0 Å². The zero-order valence-electron chi connectivity index (χ0n) is 11.6. The van der Waals surface area contributed by atoms with Gasteiger partial charge < -0.3 is 9.15 Å². The molecule has 0 radical (unpaired) electrons. The van der Waals surface area contributed by atoms with Crippen molar-refractivity contribution in [3.63, 3.8) is 0 Å². The second kappa shape index (κ2) is 6.41. The van der Waals surface area contributed by atoms with Gasteiger partial charge in [0.15, 0.2) is 0 Å². The number of benzene rings is 1. The van der Waals surface area contributed by atoms with Crippen LogP contribution in [0.5, 0.6) is 0 Å². The topological polar surface area (TPSA) is 48.2 Å². The second-order valence-corrected chi connectivity index (χ2v) is 6.07. The van der Waals surface area contributed by atoms with Crippen molar-refractivity contribution in [1.82, 2.24) is 10.2 Å². The zero-order valence-corrected chi connectivity index (χ0v) is 12.4. The van der Waals surface area contributed by atoms with Gasteiger partial charge in [-0.15, -0.1) is 10.2 Å². The molecule has 0 aliphatic carbocycles. The SMILES string of the molecule is Cc1nnc(CCCSCc2ccc3c(c2)COC3)o1. The number of aryl methyl sites for hydroxylation is 2. The van der Waals surface area contributed by atoms with Gasteiger partial charge in [0.1, 0.15) is 0 Å². The molecular formula is C15H18N2O2S. The van der Waals surface area contributed by atoms with Crippen LogP contribution in [0, 0.1) is 6.92 Å². The van der Waals surface area contributed by atoms with Gasteiger partial charge in [-0.25, -0.2) is 0 Å². The largest absolute Gasteiger partial charge is 0.426 e. The summed E-state index contributed by atoms with van der Waals surface area (Å²) in [5.74, 6) is 3.55. The van der Waals surface area contributed by atoms with Gasteiger partial charge in [-0.05, 0) is 28.9 Å². The molecule has 0 saturated heterocycles. The maximum Gasteiger partial charge on any atom is 0.216 e. The lowest BCUT2D eigenvalue weighted by atomic mass is 10.1. The minimum absolute atomic E-state index is 0.646. The van der Waals surface area contributed by atoms with Crippen LogP contribution >= 0.6 is 11.8 Å². The highest BCUT2D eigenvalue weighted by molar-refractivity contribution is 7.98. The predicted molar refractivity (Wildman–Crippen MR) is 78.5 cm³/mol. The van der Waals surface area contributed by atoms with E-state index in [0.29, 0.717) is 5.89 Å². The lowest BCUT2D eigenvalue weighted by Gasteiger charge is -2.03. The molecule has 0 bridgehead atoms. The van der Waals surface area contributed by atoms with Crippen molar-refractivity contribution in [3.05, 3.63) is 46.7 Å². The molecule has 1 aromatic heterocycles. The molecule has 20 heavy (non-hydrogen) atoms. The summed E-state index contributed by atoms with van der Waals surface area (Å²) in [6, 6.07) is 6.68. The van der Waals surface area contributed by atoms with E-state index in [4.69, 9.17) is 9.15 Å². The van der Waals surface area contributed by atoms with Crippen molar-refractivity contribution in [1.29, 1.82) is 0 Å². The van der Waals surface area contributed by atoms with Crippen molar-refractivity contribution >= 4 is 11.8 Å². The Morgan fingerprint density at radius 1 is 1.20 bits per heavy atom. The Balaban J connectivity index is 1.39. The highest BCUT2D eigenvalue weighted by Crippen LogP contribution is 2.23. The van der Waals surface area contributed by atoms with Crippen molar-refractivity contribution in [2.45, 2.75) is 38.7 Å². The van der Waals surface area contributed by atoms with E-state index in [1.807, 2.05) is 18.7 Å². The molecular weight excluding hydrogens is 272 g/mol. The van der Waals surface area contributed by atoms with E-state index >= 15 is 0 Å². The Labute approximate surface area is 122 Å². The number of nitrogens with zero attached hydrogens (tertiary/aromatic N) is 2. The van der Waals surface area contributed by atoms with Gasteiger partial charge >= 0.3 is 0 Å². The fourth-order valence-electron chi connectivity index (χ4n) is 2.27. The molecule has 106 valence electrons. The van der Waals surface area contributed by atoms with E-state index in [9.17, 15) is 0 Å². The second-order valence-electron chi connectivity index (χ2n) is 4.97. The fourth-order valence-corrected chi connectivity index (χ4v) is 3.18. The van der Waals surface area contributed by atoms with Gasteiger partial charge in [-0.2, -0.15) is 11.8 Å². The summed E-state index contributed by atoms with van der Waals surface area (Å²) in [6.07, 6.45) is 1.94. The van der Waals surface area contributed by atoms with E-state index in [2.05, 4.69) is 28.4 Å². The quantitative estimate of drug-likeness (QED) is 0.764. The van der Waals surface area contributed by atoms with Crippen LogP contribution in [0.1, 0.15) is 34.9 Å². The van der Waals surface area contributed by atoms with Gasteiger partial charge in [0.25, 0.3) is 0 Å². The summed E-state index contributed by atoms with van der Waals surface area (Å²) in [7, 11) is 0. The highest BCUT2D eigenvalue weighted by atomic mass is 32.2. The number of fused-ring (bicyclic) bond motifs is 1. The van der Waals surface area contributed by atoms with E-state index in [0.717, 1.165) is 43.5 Å². The summed E-state index contributed by atoms with van der Waals surface area (Å²) in [6.45, 7) is 3.36. The molecule has 0 saturated carbocycles. The maximum atomic E-state index is 5.43. The van der Waals surface area contributed by atoms with Crippen LogP contribution in [-0.2, 0) is 30.1 Å². The lowest BCUT2D eigenvalue weighted by Crippen LogP contribution is -1.90. The number of rotatable bonds is 6. The lowest BCUT2D eigenvalue weighted by molar-refractivity contribution is 0.134. The Kier molecular flexibility index (Phi) is 4.38. The first kappa shape index (κ1) is 13.6. The van der Waals surface area contributed by atoms with Crippen LogP contribution in [-0.4, -0.2) is 16.0 Å². The third-order valence-corrected chi connectivity index (χ3v) is 4.42. The van der Waals surface area contributed by atoms with Crippen LogP contribution in [0.3, 0.4) is 0 Å². The van der Waals surface area contributed by atoms with Crippen LogP contribution in [0.4, 0.5) is 0 Å². The van der Waals surface area contributed by atoms with Gasteiger partial charge in [0.2, 0.25) is 11.8 Å². The first-order valence-electron chi connectivity index (χ1n) is 6.86. The van der Waals surface area contributed by atoms with Crippen LogP contribution in [0.25, 0.3) is 0 Å². The van der Waals surface area contributed by atoms with Gasteiger partial charge in [0, 0.05) is 19.1 Å². The number of aromatic nitrogens is 2. The van der Waals surface area contributed by atoms with Crippen LogP contribution in [0.2, 0.25) is 0 Å². The van der Waals surface area contributed by atoms with Crippen LogP contribution < -0.4 is 0 Å². The smallest absolute Gasteiger partial charge is 0.216 e. The van der Waals surface area contributed by atoms with Gasteiger partial charge in [0.05, 0.1) is 13.2 Å². The summed E-state index contributed by atoms with van der Waals surface area (Å²) in [4.78, 5) is 0. The molecule has 1 aliphatic rings. The number of hydrogen-bond acceptors (Lipinski definition) is 5. The van der Waals surface area contributed by atoms with Crippen molar-refractivity contribution < 1.29 is 9.15 Å². The summed E-state index contributed by atoms with van der Waals surface area (Å²) in [5.41, 5.74) is 4.07. The number of ether oxygens (including phenoxy) is 1. The number of thioether (sulfide) groups is 1. The maximum absolute atomic E-state index is 5.43. The first-order valence-corrected chi connectivity index (χ1v) is 8.02. The molecule has 2 aromatic rings. The number of hydrogen-bond donors (Lipinski definition) is 0. The Morgan fingerprint density at radius 3 is 2.95 bits per heavy atom. The van der Waals surface area contributed by atoms with Crippen molar-refractivity contribution in [2.24, 2.45) is 0 Å². The average Bonchev–Trinajstić information content (AvgIpc) is 3.06. The Morgan fingerprint density at radius 2 is 2.10 bits per heavy atom. The third kappa shape index (κ3) is 3.41. The van der Waals surface area contributed by atoms with E-state index < -0.39 is 0 Å². The average molecular weight is 290 g/mol. The summed E-state index contributed by atoms with van der Waals surface area (Å²) >= 11 is 1.95. The van der Waals surface area contributed by atoms with Crippen LogP contribution in [0.15, 0.2) is 22.6 Å². The Hall–Kier alpha value is -1.33. The zero-order chi connectivity index (χ0) is 13.8. The normalized spacial score (nSPS) is 13.7. The molecule has 3 rings (SSSR count). The Bertz CT molecular complexity index is 583. The molecule has 0 unspecified atom stereocenters. The van der Waals surface area contributed by atoms with Crippen molar-refractivity contribution in [3.8, 4) is 0 Å².